The summed E-state index contributed by atoms with van der Waals surface area (Å²) < 4.78 is 11.4. The van der Waals surface area contributed by atoms with Gasteiger partial charge in [0.25, 0.3) is 5.91 Å². The van der Waals surface area contributed by atoms with Gasteiger partial charge in [0, 0.05) is 5.02 Å². The number of hydrogen-bond acceptors (Lipinski definition) is 5. The van der Waals surface area contributed by atoms with Gasteiger partial charge in [-0.05, 0) is 65.7 Å². The van der Waals surface area contributed by atoms with Gasteiger partial charge in [0.2, 0.25) is 0 Å². The number of amides is 1. The fourth-order valence-corrected chi connectivity index (χ4v) is 4.09. The number of amidine groups is 1. The molecule has 32 heavy (non-hydrogen) atoms. The van der Waals surface area contributed by atoms with Crippen molar-refractivity contribution in [1.82, 2.24) is 5.32 Å². The second-order valence-corrected chi connectivity index (χ2v) is 8.49. The van der Waals surface area contributed by atoms with Gasteiger partial charge in [0.1, 0.15) is 6.61 Å². The van der Waals surface area contributed by atoms with E-state index in [0.29, 0.717) is 33.2 Å². The summed E-state index contributed by atoms with van der Waals surface area (Å²) in [5.74, 6) is 1.04. The molecular formula is C25H21ClN2O3S. The number of carbonyl (C=O) groups is 1. The number of carbonyl (C=O) groups excluding carboxylic acids is 1. The molecule has 1 fully saturated rings. The minimum absolute atomic E-state index is 0.197. The van der Waals surface area contributed by atoms with E-state index in [4.69, 9.17) is 21.1 Å². The van der Waals surface area contributed by atoms with Crippen LogP contribution in [0.2, 0.25) is 5.02 Å². The van der Waals surface area contributed by atoms with Gasteiger partial charge in [-0.25, -0.2) is 4.99 Å². The number of hydrogen-bond donors (Lipinski definition) is 1. The smallest absolute Gasteiger partial charge is 0.264 e. The first kappa shape index (κ1) is 22.0. The van der Waals surface area contributed by atoms with Crippen LogP contribution in [-0.4, -0.2) is 18.2 Å². The molecule has 1 N–H and O–H groups in total. The number of benzene rings is 3. The molecule has 1 amide bonds. The highest BCUT2D eigenvalue weighted by atomic mass is 35.5. The molecule has 0 aromatic heterocycles. The lowest BCUT2D eigenvalue weighted by atomic mass is 10.2. The highest BCUT2D eigenvalue weighted by molar-refractivity contribution is 8.18. The molecule has 0 saturated carbocycles. The molecular weight excluding hydrogens is 444 g/mol. The molecule has 0 atom stereocenters. The van der Waals surface area contributed by atoms with Gasteiger partial charge < -0.3 is 14.8 Å². The Labute approximate surface area is 196 Å². The molecule has 0 aliphatic carbocycles. The second-order valence-electron chi connectivity index (χ2n) is 7.05. The van der Waals surface area contributed by atoms with Crippen molar-refractivity contribution in [3.8, 4) is 11.5 Å². The average Bonchev–Trinajstić information content (AvgIpc) is 3.15. The second kappa shape index (κ2) is 9.94. The Balaban J connectivity index is 1.51. The van der Waals surface area contributed by atoms with Crippen molar-refractivity contribution in [1.29, 1.82) is 0 Å². The Morgan fingerprint density at radius 2 is 1.88 bits per heavy atom. The molecule has 0 radical (unpaired) electrons. The first-order valence-corrected chi connectivity index (χ1v) is 11.1. The molecule has 4 rings (SSSR count). The number of nitrogens with zero attached hydrogens (tertiary/aromatic N) is 1. The summed E-state index contributed by atoms with van der Waals surface area (Å²) in [5.41, 5.74) is 3.49. The van der Waals surface area contributed by atoms with Gasteiger partial charge in [-0.2, -0.15) is 0 Å². The molecule has 7 heteroatoms. The Hall–Kier alpha value is -3.22. The fourth-order valence-electron chi connectivity index (χ4n) is 3.09. The SMILES string of the molecule is COc1cc(C=C2SC(=Nc3cccc(Cl)c3C)NC2=O)ccc1OCc1ccccc1. The summed E-state index contributed by atoms with van der Waals surface area (Å²) >= 11 is 7.45. The fraction of sp³-hybridized carbons (Fsp3) is 0.120. The van der Waals surface area contributed by atoms with Crippen LogP contribution >= 0.6 is 23.4 Å². The first-order valence-electron chi connectivity index (χ1n) is 9.93. The summed E-state index contributed by atoms with van der Waals surface area (Å²) in [6.07, 6.45) is 1.80. The molecule has 5 nitrogen and oxygen atoms in total. The molecule has 3 aromatic carbocycles. The van der Waals surface area contributed by atoms with Crippen LogP contribution in [-0.2, 0) is 11.4 Å². The van der Waals surface area contributed by atoms with Crippen molar-refractivity contribution >= 4 is 46.2 Å². The summed E-state index contributed by atoms with van der Waals surface area (Å²) in [5, 5.41) is 3.96. The maximum Gasteiger partial charge on any atom is 0.264 e. The Bertz CT molecular complexity index is 1210. The Kier molecular flexibility index (Phi) is 6.83. The summed E-state index contributed by atoms with van der Waals surface area (Å²) in [4.78, 5) is 17.5. The van der Waals surface area contributed by atoms with Crippen LogP contribution < -0.4 is 14.8 Å². The standard InChI is InChI=1S/C25H21ClN2O3S/c1-16-19(26)9-6-10-20(16)27-25-28-24(29)23(32-25)14-18-11-12-21(22(13-18)30-2)31-15-17-7-4-3-5-8-17/h3-14H,15H2,1-2H3,(H,27,28,29). The molecule has 3 aromatic rings. The molecule has 0 bridgehead atoms. The van der Waals surface area contributed by atoms with Gasteiger partial charge in [-0.3, -0.25) is 4.79 Å². The van der Waals surface area contributed by atoms with Crippen molar-refractivity contribution in [3.05, 3.63) is 93.3 Å². The maximum absolute atomic E-state index is 12.4. The van der Waals surface area contributed by atoms with Crippen LogP contribution in [0, 0.1) is 6.92 Å². The molecule has 0 unspecified atom stereocenters. The number of ether oxygens (including phenoxy) is 2. The molecule has 1 aliphatic rings. The lowest BCUT2D eigenvalue weighted by Crippen LogP contribution is -2.19. The van der Waals surface area contributed by atoms with Crippen molar-refractivity contribution in [2.45, 2.75) is 13.5 Å². The van der Waals surface area contributed by atoms with E-state index in [9.17, 15) is 4.79 Å². The number of thioether (sulfide) groups is 1. The van der Waals surface area contributed by atoms with E-state index in [-0.39, 0.29) is 5.91 Å². The number of nitrogens with one attached hydrogen (secondary N) is 1. The molecule has 1 aliphatic heterocycles. The number of aliphatic imine (C=N–C) groups is 1. The number of rotatable bonds is 6. The van der Waals surface area contributed by atoms with E-state index in [1.165, 1.54) is 11.8 Å². The summed E-state index contributed by atoms with van der Waals surface area (Å²) in [6.45, 7) is 2.34. The average molecular weight is 465 g/mol. The molecule has 1 heterocycles. The lowest BCUT2D eigenvalue weighted by Gasteiger charge is -2.11. The third kappa shape index (κ3) is 5.15. The maximum atomic E-state index is 12.4. The van der Waals surface area contributed by atoms with Crippen LogP contribution in [0.15, 0.2) is 76.6 Å². The molecule has 0 spiro atoms. The minimum Gasteiger partial charge on any atom is -0.493 e. The van der Waals surface area contributed by atoms with Crippen molar-refractivity contribution in [3.63, 3.8) is 0 Å². The van der Waals surface area contributed by atoms with Gasteiger partial charge in [-0.1, -0.05) is 54.1 Å². The highest BCUT2D eigenvalue weighted by Gasteiger charge is 2.24. The van der Waals surface area contributed by atoms with Gasteiger partial charge >= 0.3 is 0 Å². The summed E-state index contributed by atoms with van der Waals surface area (Å²) in [6, 6.07) is 21.0. The monoisotopic (exact) mass is 464 g/mol. The predicted molar refractivity (Wildman–Crippen MR) is 131 cm³/mol. The third-order valence-electron chi connectivity index (χ3n) is 4.83. The highest BCUT2D eigenvalue weighted by Crippen LogP contribution is 2.33. The van der Waals surface area contributed by atoms with E-state index in [1.807, 2.05) is 73.7 Å². The molecule has 162 valence electrons. The number of methoxy groups -OCH3 is 1. The van der Waals surface area contributed by atoms with Crippen molar-refractivity contribution in [2.75, 3.05) is 7.11 Å². The number of halogens is 1. The first-order chi connectivity index (χ1) is 15.5. The van der Waals surface area contributed by atoms with Gasteiger partial charge in [-0.15, -0.1) is 0 Å². The largest absolute Gasteiger partial charge is 0.493 e. The predicted octanol–water partition coefficient (Wildman–Crippen LogP) is 6.13. The topological polar surface area (TPSA) is 59.9 Å². The summed E-state index contributed by atoms with van der Waals surface area (Å²) in [7, 11) is 1.59. The van der Waals surface area contributed by atoms with Crippen molar-refractivity contribution in [2.24, 2.45) is 4.99 Å². The molecule has 1 saturated heterocycles. The van der Waals surface area contributed by atoms with Crippen LogP contribution in [0.1, 0.15) is 16.7 Å². The van der Waals surface area contributed by atoms with Gasteiger partial charge in [0.15, 0.2) is 16.7 Å². The Morgan fingerprint density at radius 3 is 2.66 bits per heavy atom. The van der Waals surface area contributed by atoms with E-state index in [0.717, 1.165) is 22.4 Å². The zero-order valence-corrected chi connectivity index (χ0v) is 19.2. The zero-order chi connectivity index (χ0) is 22.5. The lowest BCUT2D eigenvalue weighted by molar-refractivity contribution is -0.115. The van der Waals surface area contributed by atoms with E-state index < -0.39 is 0 Å². The normalized spacial score (nSPS) is 15.8. The van der Waals surface area contributed by atoms with Crippen LogP contribution in [0.4, 0.5) is 5.69 Å². The van der Waals surface area contributed by atoms with Crippen LogP contribution in [0.3, 0.4) is 0 Å². The Morgan fingerprint density at radius 1 is 1.06 bits per heavy atom. The zero-order valence-electron chi connectivity index (χ0n) is 17.6. The van der Waals surface area contributed by atoms with E-state index in [2.05, 4.69) is 10.3 Å². The van der Waals surface area contributed by atoms with Crippen LogP contribution in [0.25, 0.3) is 6.08 Å². The quantitative estimate of drug-likeness (QED) is 0.446. The minimum atomic E-state index is -0.197. The van der Waals surface area contributed by atoms with Crippen LogP contribution in [0.5, 0.6) is 11.5 Å². The van der Waals surface area contributed by atoms with E-state index >= 15 is 0 Å². The van der Waals surface area contributed by atoms with Gasteiger partial charge in [0.05, 0.1) is 17.7 Å². The van der Waals surface area contributed by atoms with Crippen molar-refractivity contribution < 1.29 is 14.3 Å². The van der Waals surface area contributed by atoms with E-state index in [1.54, 1.807) is 13.2 Å². The third-order valence-corrected chi connectivity index (χ3v) is 6.15.